The van der Waals surface area contributed by atoms with Crippen molar-refractivity contribution in [3.8, 4) is 0 Å². The molecule has 0 unspecified atom stereocenters. The molecule has 26 heavy (non-hydrogen) atoms. The lowest BCUT2D eigenvalue weighted by atomic mass is 10.0. The van der Waals surface area contributed by atoms with Crippen molar-refractivity contribution in [1.29, 1.82) is 0 Å². The zero-order valence-electron chi connectivity index (χ0n) is 15.8. The van der Waals surface area contributed by atoms with Crippen molar-refractivity contribution in [1.82, 2.24) is 15.4 Å². The summed E-state index contributed by atoms with van der Waals surface area (Å²) >= 11 is 0. The molecule has 2 aliphatic rings. The zero-order valence-corrected chi connectivity index (χ0v) is 15.8. The van der Waals surface area contributed by atoms with Crippen molar-refractivity contribution in [2.24, 2.45) is 11.8 Å². The standard InChI is InChI=1S/C20H31N3O3/c1-2-11-23(19(24)10-9-15-5-3-4-6-15)14-17-12-18(22-26-17)20(25)21-13-16-7-8-16/h12,15-16H,2-11,13-14H2,1H3,(H,21,25). The molecule has 2 saturated carbocycles. The minimum Gasteiger partial charge on any atom is -0.359 e. The van der Waals surface area contributed by atoms with Gasteiger partial charge < -0.3 is 14.7 Å². The average Bonchev–Trinajstić information content (AvgIpc) is 3.11. The molecule has 0 aromatic carbocycles. The van der Waals surface area contributed by atoms with Crippen LogP contribution < -0.4 is 5.32 Å². The molecule has 0 spiro atoms. The van der Waals surface area contributed by atoms with Crippen LogP contribution in [0, 0.1) is 11.8 Å². The van der Waals surface area contributed by atoms with E-state index in [4.69, 9.17) is 4.52 Å². The Bertz CT molecular complexity index is 603. The monoisotopic (exact) mass is 361 g/mol. The molecule has 2 fully saturated rings. The summed E-state index contributed by atoms with van der Waals surface area (Å²) in [6.07, 6.45) is 10.0. The van der Waals surface area contributed by atoms with Gasteiger partial charge in [0.15, 0.2) is 11.5 Å². The number of carbonyl (C=O) groups is 2. The molecule has 0 bridgehead atoms. The number of carbonyl (C=O) groups excluding carboxylic acids is 2. The third-order valence-electron chi connectivity index (χ3n) is 5.47. The Morgan fingerprint density at radius 2 is 2.00 bits per heavy atom. The highest BCUT2D eigenvalue weighted by Gasteiger charge is 2.24. The first-order valence-corrected chi connectivity index (χ1v) is 10.2. The van der Waals surface area contributed by atoms with Crippen LogP contribution in [-0.4, -0.2) is 35.0 Å². The van der Waals surface area contributed by atoms with Crippen LogP contribution in [0.3, 0.4) is 0 Å². The van der Waals surface area contributed by atoms with E-state index in [2.05, 4.69) is 17.4 Å². The smallest absolute Gasteiger partial charge is 0.273 e. The van der Waals surface area contributed by atoms with Gasteiger partial charge in [-0.25, -0.2) is 0 Å². The Morgan fingerprint density at radius 3 is 2.69 bits per heavy atom. The van der Waals surface area contributed by atoms with Gasteiger partial charge in [-0.05, 0) is 37.5 Å². The van der Waals surface area contributed by atoms with Crippen molar-refractivity contribution in [3.63, 3.8) is 0 Å². The molecule has 1 aromatic rings. The minimum absolute atomic E-state index is 0.176. The molecule has 2 aliphatic carbocycles. The van der Waals surface area contributed by atoms with Crippen molar-refractivity contribution in [2.75, 3.05) is 13.1 Å². The van der Waals surface area contributed by atoms with Crippen molar-refractivity contribution in [2.45, 2.75) is 71.3 Å². The summed E-state index contributed by atoms with van der Waals surface area (Å²) in [5.74, 6) is 1.90. The summed E-state index contributed by atoms with van der Waals surface area (Å²) in [6, 6.07) is 1.66. The van der Waals surface area contributed by atoms with E-state index in [1.165, 1.54) is 38.5 Å². The van der Waals surface area contributed by atoms with Gasteiger partial charge >= 0.3 is 0 Å². The van der Waals surface area contributed by atoms with Crippen LogP contribution in [0.15, 0.2) is 10.6 Å². The second-order valence-electron chi connectivity index (χ2n) is 7.84. The van der Waals surface area contributed by atoms with Crippen molar-refractivity contribution < 1.29 is 14.1 Å². The highest BCUT2D eigenvalue weighted by molar-refractivity contribution is 5.92. The van der Waals surface area contributed by atoms with Gasteiger partial charge in [0, 0.05) is 25.6 Å². The Labute approximate surface area is 155 Å². The van der Waals surface area contributed by atoms with E-state index >= 15 is 0 Å². The maximum Gasteiger partial charge on any atom is 0.273 e. The van der Waals surface area contributed by atoms with Crippen LogP contribution in [0.1, 0.15) is 81.0 Å². The number of aromatic nitrogens is 1. The third kappa shape index (κ3) is 5.58. The van der Waals surface area contributed by atoms with Gasteiger partial charge in [-0.2, -0.15) is 0 Å². The summed E-state index contributed by atoms with van der Waals surface area (Å²) in [5.41, 5.74) is 0.301. The fourth-order valence-electron chi connectivity index (χ4n) is 3.68. The van der Waals surface area contributed by atoms with E-state index in [0.717, 1.165) is 18.8 Å². The molecular weight excluding hydrogens is 330 g/mol. The molecular formula is C20H31N3O3. The summed E-state index contributed by atoms with van der Waals surface area (Å²) in [5, 5.41) is 6.76. The molecule has 0 radical (unpaired) electrons. The first-order chi connectivity index (χ1) is 12.7. The van der Waals surface area contributed by atoms with Crippen molar-refractivity contribution in [3.05, 3.63) is 17.5 Å². The summed E-state index contributed by atoms with van der Waals surface area (Å²) in [7, 11) is 0. The van der Waals surface area contributed by atoms with E-state index in [1.54, 1.807) is 6.07 Å². The van der Waals surface area contributed by atoms with E-state index in [9.17, 15) is 9.59 Å². The van der Waals surface area contributed by atoms with Crippen LogP contribution in [0.4, 0.5) is 0 Å². The van der Waals surface area contributed by atoms with E-state index in [1.807, 2.05) is 4.90 Å². The molecule has 6 heteroatoms. The maximum absolute atomic E-state index is 12.6. The molecule has 2 amide bonds. The van der Waals surface area contributed by atoms with Gasteiger partial charge in [0.25, 0.3) is 5.91 Å². The summed E-state index contributed by atoms with van der Waals surface area (Å²) in [6.45, 7) is 3.87. The molecule has 0 atom stereocenters. The first kappa shape index (κ1) is 18.9. The molecule has 1 aromatic heterocycles. The normalized spacial score (nSPS) is 17.4. The number of rotatable bonds is 10. The summed E-state index contributed by atoms with van der Waals surface area (Å²) in [4.78, 5) is 26.5. The second kappa shape index (κ2) is 9.19. The number of amides is 2. The molecule has 0 aliphatic heterocycles. The van der Waals surface area contributed by atoms with E-state index in [0.29, 0.717) is 43.4 Å². The van der Waals surface area contributed by atoms with Gasteiger partial charge in [0.05, 0.1) is 6.54 Å². The highest BCUT2D eigenvalue weighted by Crippen LogP contribution is 2.29. The van der Waals surface area contributed by atoms with Gasteiger partial charge in [-0.3, -0.25) is 9.59 Å². The number of hydrogen-bond acceptors (Lipinski definition) is 4. The molecule has 1 N–H and O–H groups in total. The highest BCUT2D eigenvalue weighted by atomic mass is 16.5. The quantitative estimate of drug-likeness (QED) is 0.692. The summed E-state index contributed by atoms with van der Waals surface area (Å²) < 4.78 is 5.31. The van der Waals surface area contributed by atoms with E-state index < -0.39 is 0 Å². The predicted molar refractivity (Wildman–Crippen MR) is 98.5 cm³/mol. The lowest BCUT2D eigenvalue weighted by Gasteiger charge is -2.21. The third-order valence-corrected chi connectivity index (χ3v) is 5.47. The average molecular weight is 361 g/mol. The van der Waals surface area contributed by atoms with Crippen LogP contribution in [-0.2, 0) is 11.3 Å². The first-order valence-electron chi connectivity index (χ1n) is 10.2. The lowest BCUT2D eigenvalue weighted by Crippen LogP contribution is -2.31. The Hall–Kier alpha value is -1.85. The van der Waals surface area contributed by atoms with Gasteiger partial charge in [-0.15, -0.1) is 0 Å². The largest absolute Gasteiger partial charge is 0.359 e. The van der Waals surface area contributed by atoms with Crippen LogP contribution in [0.5, 0.6) is 0 Å². The fraction of sp³-hybridized carbons (Fsp3) is 0.750. The maximum atomic E-state index is 12.6. The molecule has 144 valence electrons. The van der Waals surface area contributed by atoms with Gasteiger partial charge in [-0.1, -0.05) is 37.8 Å². The molecule has 3 rings (SSSR count). The number of hydrogen-bond donors (Lipinski definition) is 1. The Morgan fingerprint density at radius 1 is 1.23 bits per heavy atom. The van der Waals surface area contributed by atoms with Crippen molar-refractivity contribution >= 4 is 11.8 Å². The van der Waals surface area contributed by atoms with Gasteiger partial charge in [0.2, 0.25) is 5.91 Å². The molecule has 0 saturated heterocycles. The van der Waals surface area contributed by atoms with E-state index in [-0.39, 0.29) is 11.8 Å². The second-order valence-corrected chi connectivity index (χ2v) is 7.84. The molecule has 1 heterocycles. The van der Waals surface area contributed by atoms with Crippen LogP contribution in [0.25, 0.3) is 0 Å². The van der Waals surface area contributed by atoms with Crippen LogP contribution >= 0.6 is 0 Å². The fourth-order valence-corrected chi connectivity index (χ4v) is 3.68. The topological polar surface area (TPSA) is 75.4 Å². The Kier molecular flexibility index (Phi) is 6.69. The lowest BCUT2D eigenvalue weighted by molar-refractivity contribution is -0.132. The van der Waals surface area contributed by atoms with Gasteiger partial charge in [0.1, 0.15) is 0 Å². The number of nitrogens with one attached hydrogen (secondary N) is 1. The minimum atomic E-state index is -0.193. The molecule has 6 nitrogen and oxygen atoms in total. The SMILES string of the molecule is CCCN(Cc1cc(C(=O)NCC2CC2)no1)C(=O)CCC1CCCC1. The number of nitrogens with zero attached hydrogens (tertiary/aromatic N) is 2. The van der Waals surface area contributed by atoms with Crippen LogP contribution in [0.2, 0.25) is 0 Å². The predicted octanol–water partition coefficient (Wildman–Crippen LogP) is 3.52. The Balaban J connectivity index is 1.49. The zero-order chi connectivity index (χ0) is 18.4.